The van der Waals surface area contributed by atoms with Crippen LogP contribution in [0.15, 0.2) is 48.5 Å². The van der Waals surface area contributed by atoms with E-state index < -0.39 is 0 Å². The fraction of sp³-hybridized carbons (Fsp3) is 0.368. The number of rotatable bonds is 7. The smallest absolute Gasteiger partial charge is 0.0372 e. The van der Waals surface area contributed by atoms with Crippen LogP contribution >= 0.6 is 0 Å². The highest BCUT2D eigenvalue weighted by Gasteiger charge is 2.04. The second kappa shape index (κ2) is 7.72. The zero-order chi connectivity index (χ0) is 15.1. The van der Waals surface area contributed by atoms with Crippen molar-refractivity contribution in [2.24, 2.45) is 0 Å². The summed E-state index contributed by atoms with van der Waals surface area (Å²) in [5, 5.41) is 3.41. The van der Waals surface area contributed by atoms with Crippen molar-refractivity contribution >= 4 is 11.4 Å². The minimum atomic E-state index is 1.02. The van der Waals surface area contributed by atoms with Crippen molar-refractivity contribution in [3.63, 3.8) is 0 Å². The van der Waals surface area contributed by atoms with E-state index in [0.717, 1.165) is 26.1 Å². The molecule has 2 rings (SSSR count). The summed E-state index contributed by atoms with van der Waals surface area (Å²) in [7, 11) is 0. The van der Waals surface area contributed by atoms with Crippen LogP contribution in [0.4, 0.5) is 11.4 Å². The minimum Gasteiger partial charge on any atom is -0.385 e. The molecule has 112 valence electrons. The molecule has 0 aliphatic rings. The van der Waals surface area contributed by atoms with Crippen molar-refractivity contribution in [2.45, 2.75) is 27.2 Å². The Balaban J connectivity index is 2.19. The number of hydrogen-bond donors (Lipinski definition) is 1. The van der Waals surface area contributed by atoms with Gasteiger partial charge in [0.1, 0.15) is 0 Å². The van der Waals surface area contributed by atoms with Gasteiger partial charge in [0.2, 0.25) is 0 Å². The van der Waals surface area contributed by atoms with Crippen LogP contribution in [-0.4, -0.2) is 19.6 Å². The van der Waals surface area contributed by atoms with Gasteiger partial charge in [-0.3, -0.25) is 0 Å². The summed E-state index contributed by atoms with van der Waals surface area (Å²) in [5.41, 5.74) is 5.04. The van der Waals surface area contributed by atoms with Crippen LogP contribution in [-0.2, 0) is 0 Å². The molecule has 0 radical (unpaired) electrons. The van der Waals surface area contributed by atoms with Gasteiger partial charge in [0, 0.05) is 31.0 Å². The Morgan fingerprint density at radius 1 is 0.857 bits per heavy atom. The largest absolute Gasteiger partial charge is 0.385 e. The average Bonchev–Trinajstić information content (AvgIpc) is 2.55. The summed E-state index contributed by atoms with van der Waals surface area (Å²) in [6.45, 7) is 9.69. The maximum absolute atomic E-state index is 3.41. The lowest BCUT2D eigenvalue weighted by Gasteiger charge is -2.21. The summed E-state index contributed by atoms with van der Waals surface area (Å²) >= 11 is 0. The van der Waals surface area contributed by atoms with Crippen LogP contribution in [0.25, 0.3) is 11.1 Å². The molecule has 0 unspecified atom stereocenters. The maximum atomic E-state index is 3.41. The van der Waals surface area contributed by atoms with Crippen molar-refractivity contribution in [1.29, 1.82) is 0 Å². The summed E-state index contributed by atoms with van der Waals surface area (Å²) in [6, 6.07) is 17.5. The van der Waals surface area contributed by atoms with Crippen LogP contribution in [0.5, 0.6) is 0 Å². The molecular weight excluding hydrogens is 256 g/mol. The Kier molecular flexibility index (Phi) is 5.68. The van der Waals surface area contributed by atoms with Gasteiger partial charge in [-0.15, -0.1) is 0 Å². The first kappa shape index (κ1) is 15.4. The molecule has 2 heteroatoms. The molecule has 0 saturated heterocycles. The summed E-state index contributed by atoms with van der Waals surface area (Å²) in [5.74, 6) is 0. The normalized spacial score (nSPS) is 10.4. The van der Waals surface area contributed by atoms with Gasteiger partial charge >= 0.3 is 0 Å². The average molecular weight is 282 g/mol. The van der Waals surface area contributed by atoms with E-state index in [1.165, 1.54) is 22.5 Å². The molecule has 0 heterocycles. The van der Waals surface area contributed by atoms with Crippen LogP contribution < -0.4 is 10.2 Å². The lowest BCUT2D eigenvalue weighted by Crippen LogP contribution is -2.21. The van der Waals surface area contributed by atoms with Gasteiger partial charge in [0.15, 0.2) is 0 Å². The fourth-order valence-electron chi connectivity index (χ4n) is 2.52. The second-order valence-corrected chi connectivity index (χ2v) is 5.23. The first-order chi connectivity index (χ1) is 10.3. The van der Waals surface area contributed by atoms with Crippen molar-refractivity contribution in [3.8, 4) is 11.1 Å². The Bertz CT molecular complexity index is 542. The molecular formula is C19H26N2. The van der Waals surface area contributed by atoms with Gasteiger partial charge < -0.3 is 10.2 Å². The highest BCUT2D eigenvalue weighted by molar-refractivity contribution is 5.70. The van der Waals surface area contributed by atoms with Crippen molar-refractivity contribution < 1.29 is 0 Å². The zero-order valence-electron chi connectivity index (χ0n) is 13.4. The highest BCUT2D eigenvalue weighted by atomic mass is 15.1. The van der Waals surface area contributed by atoms with Crippen LogP contribution in [0.1, 0.15) is 27.2 Å². The standard InChI is InChI=1S/C19H26N2/c1-4-14-20-18-12-10-16(11-13-18)17-8-7-9-19(15-17)21(5-2)6-3/h7-13,15,20H,4-6,14H2,1-3H3. The molecule has 0 amide bonds. The Morgan fingerprint density at radius 2 is 1.57 bits per heavy atom. The molecule has 0 atom stereocenters. The second-order valence-electron chi connectivity index (χ2n) is 5.23. The first-order valence-corrected chi connectivity index (χ1v) is 7.97. The fourth-order valence-corrected chi connectivity index (χ4v) is 2.52. The van der Waals surface area contributed by atoms with Gasteiger partial charge in [-0.1, -0.05) is 31.2 Å². The molecule has 1 N–H and O–H groups in total. The van der Waals surface area contributed by atoms with E-state index in [-0.39, 0.29) is 0 Å². The van der Waals surface area contributed by atoms with Gasteiger partial charge in [0.25, 0.3) is 0 Å². The lowest BCUT2D eigenvalue weighted by atomic mass is 10.0. The Labute approximate surface area is 128 Å². The maximum Gasteiger partial charge on any atom is 0.0372 e. The van der Waals surface area contributed by atoms with E-state index in [0.29, 0.717) is 0 Å². The number of anilines is 2. The number of nitrogens with zero attached hydrogens (tertiary/aromatic N) is 1. The quantitative estimate of drug-likeness (QED) is 0.767. The number of nitrogens with one attached hydrogen (secondary N) is 1. The molecule has 2 nitrogen and oxygen atoms in total. The van der Waals surface area contributed by atoms with E-state index in [1.807, 2.05) is 0 Å². The summed E-state index contributed by atoms with van der Waals surface area (Å²) < 4.78 is 0. The van der Waals surface area contributed by atoms with Crippen molar-refractivity contribution in [2.75, 3.05) is 29.9 Å². The van der Waals surface area contributed by atoms with E-state index >= 15 is 0 Å². The van der Waals surface area contributed by atoms with Crippen molar-refractivity contribution in [3.05, 3.63) is 48.5 Å². The Morgan fingerprint density at radius 3 is 2.19 bits per heavy atom. The van der Waals surface area contributed by atoms with Crippen LogP contribution in [0.2, 0.25) is 0 Å². The molecule has 0 aromatic heterocycles. The summed E-state index contributed by atoms with van der Waals surface area (Å²) in [4.78, 5) is 2.38. The van der Waals surface area contributed by atoms with Gasteiger partial charge in [-0.2, -0.15) is 0 Å². The van der Waals surface area contributed by atoms with E-state index in [9.17, 15) is 0 Å². The number of benzene rings is 2. The molecule has 2 aromatic carbocycles. The van der Waals surface area contributed by atoms with Gasteiger partial charge in [-0.05, 0) is 55.7 Å². The minimum absolute atomic E-state index is 1.02. The predicted molar refractivity (Wildman–Crippen MR) is 94.2 cm³/mol. The Hall–Kier alpha value is -1.96. The number of hydrogen-bond acceptors (Lipinski definition) is 2. The molecule has 0 aliphatic carbocycles. The predicted octanol–water partition coefficient (Wildman–Crippen LogP) is 5.02. The summed E-state index contributed by atoms with van der Waals surface area (Å²) in [6.07, 6.45) is 1.15. The molecule has 0 bridgehead atoms. The van der Waals surface area contributed by atoms with E-state index in [2.05, 4.69) is 79.5 Å². The van der Waals surface area contributed by atoms with E-state index in [1.54, 1.807) is 0 Å². The van der Waals surface area contributed by atoms with Crippen molar-refractivity contribution in [1.82, 2.24) is 0 Å². The SMILES string of the molecule is CCCNc1ccc(-c2cccc(N(CC)CC)c2)cc1. The molecule has 0 aliphatic heterocycles. The molecule has 2 aromatic rings. The van der Waals surface area contributed by atoms with Gasteiger partial charge in [-0.25, -0.2) is 0 Å². The molecule has 0 spiro atoms. The van der Waals surface area contributed by atoms with E-state index in [4.69, 9.17) is 0 Å². The van der Waals surface area contributed by atoms with Crippen LogP contribution in [0.3, 0.4) is 0 Å². The molecule has 0 fully saturated rings. The third kappa shape index (κ3) is 4.01. The van der Waals surface area contributed by atoms with Crippen LogP contribution in [0, 0.1) is 0 Å². The molecule has 21 heavy (non-hydrogen) atoms. The monoisotopic (exact) mass is 282 g/mol. The zero-order valence-corrected chi connectivity index (χ0v) is 13.4. The van der Waals surface area contributed by atoms with Gasteiger partial charge in [0.05, 0.1) is 0 Å². The lowest BCUT2D eigenvalue weighted by molar-refractivity contribution is 0.866. The topological polar surface area (TPSA) is 15.3 Å². The first-order valence-electron chi connectivity index (χ1n) is 7.97. The third-order valence-electron chi connectivity index (χ3n) is 3.77. The molecule has 0 saturated carbocycles. The highest BCUT2D eigenvalue weighted by Crippen LogP contribution is 2.25. The third-order valence-corrected chi connectivity index (χ3v) is 3.77.